The van der Waals surface area contributed by atoms with Crippen molar-refractivity contribution >= 4 is 23.6 Å². The zero-order valence-electron chi connectivity index (χ0n) is 11.1. The quantitative estimate of drug-likeness (QED) is 0.786. The summed E-state index contributed by atoms with van der Waals surface area (Å²) in [5, 5.41) is 0.531. The van der Waals surface area contributed by atoms with Crippen LogP contribution in [0, 0.1) is 5.92 Å². The summed E-state index contributed by atoms with van der Waals surface area (Å²) in [6.07, 6.45) is 0.793. The van der Waals surface area contributed by atoms with E-state index in [-0.39, 0.29) is 0 Å². The number of hydrogen-bond acceptors (Lipinski definition) is 3. The number of hydrogen-bond donors (Lipinski definition) is 0. The van der Waals surface area contributed by atoms with Crippen molar-refractivity contribution < 1.29 is 4.79 Å². The Morgan fingerprint density at radius 1 is 1.39 bits per heavy atom. The molecule has 0 radical (unpaired) electrons. The number of rotatable bonds is 3. The van der Waals surface area contributed by atoms with Crippen LogP contribution in [-0.4, -0.2) is 44.4 Å². The molecule has 1 saturated heterocycles. The van der Waals surface area contributed by atoms with E-state index in [1.54, 1.807) is 6.07 Å². The van der Waals surface area contributed by atoms with E-state index >= 15 is 0 Å². The van der Waals surface area contributed by atoms with E-state index in [2.05, 4.69) is 30.8 Å². The molecule has 3 nitrogen and oxygen atoms in total. The van der Waals surface area contributed by atoms with Crippen molar-refractivity contribution in [2.24, 2.45) is 5.92 Å². The van der Waals surface area contributed by atoms with E-state index < -0.39 is 0 Å². The highest BCUT2D eigenvalue weighted by atomic mass is 35.5. The molecule has 1 aromatic carbocycles. The predicted molar refractivity (Wildman–Crippen MR) is 75.7 cm³/mol. The first-order valence-electron chi connectivity index (χ1n) is 6.19. The molecule has 2 unspecified atom stereocenters. The van der Waals surface area contributed by atoms with Crippen LogP contribution < -0.4 is 4.90 Å². The SMILES string of the molecule is CC1CN(c2ccc(C=O)c(Cl)c2)CC1N(C)C. The van der Waals surface area contributed by atoms with Gasteiger partial charge >= 0.3 is 0 Å². The molecule has 0 aromatic heterocycles. The lowest BCUT2D eigenvalue weighted by molar-refractivity contribution is 0.112. The number of carbonyl (C=O) groups excluding carboxylic acids is 1. The van der Waals surface area contributed by atoms with Crippen LogP contribution in [0.5, 0.6) is 0 Å². The van der Waals surface area contributed by atoms with Gasteiger partial charge in [0.15, 0.2) is 6.29 Å². The van der Waals surface area contributed by atoms with Crippen molar-refractivity contribution in [2.45, 2.75) is 13.0 Å². The van der Waals surface area contributed by atoms with Gasteiger partial charge in [0.25, 0.3) is 0 Å². The molecule has 1 aliphatic rings. The number of aldehydes is 1. The number of benzene rings is 1. The van der Waals surface area contributed by atoms with Crippen LogP contribution in [0.1, 0.15) is 17.3 Å². The van der Waals surface area contributed by atoms with E-state index in [0.717, 1.165) is 25.1 Å². The molecule has 0 bridgehead atoms. The molecule has 0 saturated carbocycles. The monoisotopic (exact) mass is 266 g/mol. The summed E-state index contributed by atoms with van der Waals surface area (Å²) >= 11 is 6.07. The van der Waals surface area contributed by atoms with Gasteiger partial charge in [-0.05, 0) is 38.2 Å². The fourth-order valence-corrected chi connectivity index (χ4v) is 2.86. The molecule has 98 valence electrons. The maximum absolute atomic E-state index is 10.7. The average Bonchev–Trinajstić information content (AvgIpc) is 2.71. The van der Waals surface area contributed by atoms with Gasteiger partial charge in [0.05, 0.1) is 5.02 Å². The summed E-state index contributed by atoms with van der Waals surface area (Å²) in [7, 11) is 4.24. The van der Waals surface area contributed by atoms with Gasteiger partial charge in [0.1, 0.15) is 0 Å². The van der Waals surface area contributed by atoms with Crippen molar-refractivity contribution in [1.82, 2.24) is 4.90 Å². The fourth-order valence-electron chi connectivity index (χ4n) is 2.64. The third kappa shape index (κ3) is 2.52. The van der Waals surface area contributed by atoms with Crippen molar-refractivity contribution in [3.63, 3.8) is 0 Å². The predicted octanol–water partition coefficient (Wildman–Crippen LogP) is 2.54. The van der Waals surface area contributed by atoms with Gasteiger partial charge in [-0.3, -0.25) is 4.79 Å². The average molecular weight is 267 g/mol. The summed E-state index contributed by atoms with van der Waals surface area (Å²) in [5.41, 5.74) is 1.65. The Hall–Kier alpha value is -1.06. The van der Waals surface area contributed by atoms with Gasteiger partial charge in [-0.1, -0.05) is 18.5 Å². The summed E-state index contributed by atoms with van der Waals surface area (Å²) in [6, 6.07) is 6.21. The van der Waals surface area contributed by atoms with Crippen LogP contribution in [0.15, 0.2) is 18.2 Å². The molecule has 0 amide bonds. The molecule has 2 rings (SSSR count). The van der Waals surface area contributed by atoms with Gasteiger partial charge < -0.3 is 9.80 Å². The third-order valence-electron chi connectivity index (χ3n) is 3.71. The lowest BCUT2D eigenvalue weighted by Gasteiger charge is -2.23. The van der Waals surface area contributed by atoms with Gasteiger partial charge in [0, 0.05) is 30.4 Å². The Bertz CT molecular complexity index is 447. The summed E-state index contributed by atoms with van der Waals surface area (Å²) in [5.74, 6) is 0.629. The number of halogens is 1. The first kappa shape index (κ1) is 13.4. The van der Waals surface area contributed by atoms with Gasteiger partial charge in [0.2, 0.25) is 0 Å². The molecule has 1 fully saturated rings. The second-order valence-electron chi connectivity index (χ2n) is 5.24. The summed E-state index contributed by atoms with van der Waals surface area (Å²) in [4.78, 5) is 15.3. The Morgan fingerprint density at radius 3 is 2.61 bits per heavy atom. The first-order chi connectivity index (χ1) is 8.52. The van der Waals surface area contributed by atoms with Crippen LogP contribution >= 0.6 is 11.6 Å². The zero-order valence-corrected chi connectivity index (χ0v) is 11.8. The Balaban J connectivity index is 2.18. The minimum atomic E-state index is 0.531. The van der Waals surface area contributed by atoms with Crippen molar-refractivity contribution in [3.8, 4) is 0 Å². The Labute approximate surface area is 113 Å². The number of likely N-dealkylation sites (N-methyl/N-ethyl adjacent to an activating group) is 1. The molecule has 0 N–H and O–H groups in total. The molecule has 0 spiro atoms. The molecular formula is C14H19ClN2O. The lowest BCUT2D eigenvalue weighted by atomic mass is 10.1. The van der Waals surface area contributed by atoms with Crippen molar-refractivity contribution in [1.29, 1.82) is 0 Å². The van der Waals surface area contributed by atoms with E-state index in [1.165, 1.54) is 0 Å². The molecule has 1 aromatic rings. The Morgan fingerprint density at radius 2 is 2.11 bits per heavy atom. The maximum atomic E-state index is 10.7. The minimum Gasteiger partial charge on any atom is -0.370 e. The van der Waals surface area contributed by atoms with Crippen LogP contribution in [-0.2, 0) is 0 Å². The number of carbonyl (C=O) groups is 1. The highest BCUT2D eigenvalue weighted by Crippen LogP contribution is 2.29. The second kappa shape index (κ2) is 5.29. The van der Waals surface area contributed by atoms with Crippen LogP contribution in [0.4, 0.5) is 5.69 Å². The number of anilines is 1. The van der Waals surface area contributed by atoms with Crippen LogP contribution in [0.25, 0.3) is 0 Å². The molecule has 18 heavy (non-hydrogen) atoms. The van der Waals surface area contributed by atoms with E-state index in [9.17, 15) is 4.79 Å². The highest BCUT2D eigenvalue weighted by Gasteiger charge is 2.31. The summed E-state index contributed by atoms with van der Waals surface area (Å²) in [6.45, 7) is 4.30. The normalized spacial score (nSPS) is 23.7. The zero-order chi connectivity index (χ0) is 13.3. The molecular weight excluding hydrogens is 248 g/mol. The highest BCUT2D eigenvalue weighted by molar-refractivity contribution is 6.33. The largest absolute Gasteiger partial charge is 0.370 e. The van der Waals surface area contributed by atoms with Gasteiger partial charge in [-0.2, -0.15) is 0 Å². The maximum Gasteiger partial charge on any atom is 0.151 e. The minimum absolute atomic E-state index is 0.531. The topological polar surface area (TPSA) is 23.6 Å². The third-order valence-corrected chi connectivity index (χ3v) is 4.04. The summed E-state index contributed by atoms with van der Waals surface area (Å²) < 4.78 is 0. The fraction of sp³-hybridized carbons (Fsp3) is 0.500. The van der Waals surface area contributed by atoms with E-state index in [4.69, 9.17) is 11.6 Å². The molecule has 0 aliphatic carbocycles. The molecule has 4 heteroatoms. The first-order valence-corrected chi connectivity index (χ1v) is 6.57. The molecule has 1 heterocycles. The lowest BCUT2D eigenvalue weighted by Crippen LogP contribution is -2.34. The molecule has 2 atom stereocenters. The van der Waals surface area contributed by atoms with E-state index in [1.807, 2.05) is 12.1 Å². The van der Waals surface area contributed by atoms with Crippen LogP contribution in [0.3, 0.4) is 0 Å². The Kier molecular flexibility index (Phi) is 3.93. The molecule has 1 aliphatic heterocycles. The van der Waals surface area contributed by atoms with Gasteiger partial charge in [-0.25, -0.2) is 0 Å². The smallest absolute Gasteiger partial charge is 0.151 e. The van der Waals surface area contributed by atoms with E-state index in [0.29, 0.717) is 22.5 Å². The standard InChI is InChI=1S/C14H19ClN2O/c1-10-7-17(8-14(10)16(2)3)12-5-4-11(9-18)13(15)6-12/h4-6,9-10,14H,7-8H2,1-3H3. The van der Waals surface area contributed by atoms with Gasteiger partial charge in [-0.15, -0.1) is 0 Å². The van der Waals surface area contributed by atoms with Crippen LogP contribution in [0.2, 0.25) is 5.02 Å². The number of nitrogens with zero attached hydrogens (tertiary/aromatic N) is 2. The second-order valence-corrected chi connectivity index (χ2v) is 5.64. The van der Waals surface area contributed by atoms with Crippen molar-refractivity contribution in [2.75, 3.05) is 32.1 Å². The van der Waals surface area contributed by atoms with Crippen molar-refractivity contribution in [3.05, 3.63) is 28.8 Å².